The van der Waals surface area contributed by atoms with Gasteiger partial charge in [-0.2, -0.15) is 0 Å². The number of ether oxygens (including phenoxy) is 1. The Kier molecular flexibility index (Phi) is 4.75. The van der Waals surface area contributed by atoms with Crippen molar-refractivity contribution in [1.82, 2.24) is 9.97 Å². The maximum Gasteiger partial charge on any atom is 0.354 e. The average molecular weight is 307 g/mol. The third-order valence-corrected chi connectivity index (χ3v) is 3.31. The molecule has 1 atom stereocenters. The Morgan fingerprint density at radius 2 is 2.14 bits per heavy atom. The molecule has 0 amide bonds. The number of hydrogen-bond acceptors (Lipinski definition) is 4. The van der Waals surface area contributed by atoms with E-state index in [0.29, 0.717) is 22.0 Å². The molecule has 5 nitrogen and oxygen atoms in total. The van der Waals surface area contributed by atoms with E-state index < -0.39 is 5.97 Å². The molecule has 0 saturated carbocycles. The molecule has 0 fully saturated rings. The summed E-state index contributed by atoms with van der Waals surface area (Å²) in [6.07, 6.45) is 2.17. The molecular weight excluding hydrogens is 292 g/mol. The zero-order valence-corrected chi connectivity index (χ0v) is 12.5. The first kappa shape index (κ1) is 15.3. The first-order valence-corrected chi connectivity index (χ1v) is 6.91. The van der Waals surface area contributed by atoms with Gasteiger partial charge in [0.2, 0.25) is 0 Å². The van der Waals surface area contributed by atoms with Gasteiger partial charge >= 0.3 is 5.97 Å². The topological polar surface area (TPSA) is 72.3 Å². The third-order valence-electron chi connectivity index (χ3n) is 3.02. The van der Waals surface area contributed by atoms with Crippen LogP contribution in [0.25, 0.3) is 11.3 Å². The molecule has 0 bridgehead atoms. The molecule has 0 aliphatic rings. The van der Waals surface area contributed by atoms with E-state index in [0.717, 1.165) is 6.42 Å². The summed E-state index contributed by atoms with van der Waals surface area (Å²) in [4.78, 5) is 18.7. The van der Waals surface area contributed by atoms with Gasteiger partial charge < -0.3 is 9.84 Å². The van der Waals surface area contributed by atoms with Crippen molar-refractivity contribution >= 4 is 17.6 Å². The minimum absolute atomic E-state index is 0.0592. The van der Waals surface area contributed by atoms with Crippen molar-refractivity contribution in [2.75, 3.05) is 0 Å². The van der Waals surface area contributed by atoms with Crippen molar-refractivity contribution in [2.45, 2.75) is 26.4 Å². The summed E-state index contributed by atoms with van der Waals surface area (Å²) >= 11 is 6.20. The van der Waals surface area contributed by atoms with E-state index in [4.69, 9.17) is 21.4 Å². The van der Waals surface area contributed by atoms with Crippen molar-refractivity contribution in [1.29, 1.82) is 0 Å². The lowest BCUT2D eigenvalue weighted by Crippen LogP contribution is -2.09. The summed E-state index contributed by atoms with van der Waals surface area (Å²) in [6, 6.07) is 6.65. The second-order valence-electron chi connectivity index (χ2n) is 4.58. The maximum atomic E-state index is 10.9. The van der Waals surface area contributed by atoms with E-state index in [1.54, 1.807) is 18.2 Å². The first-order chi connectivity index (χ1) is 10.0. The number of nitrogens with zero attached hydrogens (tertiary/aromatic N) is 2. The fraction of sp³-hybridized carbons (Fsp3) is 0.267. The third kappa shape index (κ3) is 3.70. The van der Waals surface area contributed by atoms with Crippen LogP contribution in [0.1, 0.15) is 30.8 Å². The molecule has 0 radical (unpaired) electrons. The van der Waals surface area contributed by atoms with Gasteiger partial charge in [-0.15, -0.1) is 0 Å². The van der Waals surface area contributed by atoms with E-state index in [1.165, 1.54) is 12.4 Å². The Morgan fingerprint density at radius 1 is 1.38 bits per heavy atom. The number of carboxylic acids is 1. The van der Waals surface area contributed by atoms with Gasteiger partial charge in [0.1, 0.15) is 12.1 Å². The highest BCUT2D eigenvalue weighted by Gasteiger charge is 2.11. The molecule has 6 heteroatoms. The normalized spacial score (nSPS) is 12.0. The van der Waals surface area contributed by atoms with Crippen molar-refractivity contribution in [3.05, 3.63) is 41.3 Å². The van der Waals surface area contributed by atoms with Crippen LogP contribution in [-0.2, 0) is 0 Å². The van der Waals surface area contributed by atoms with Gasteiger partial charge in [-0.3, -0.25) is 0 Å². The number of carbonyl (C=O) groups is 1. The van der Waals surface area contributed by atoms with Crippen LogP contribution in [0.2, 0.25) is 5.02 Å². The van der Waals surface area contributed by atoms with Crippen LogP contribution in [-0.4, -0.2) is 27.1 Å². The number of rotatable bonds is 5. The molecule has 2 rings (SSSR count). The highest BCUT2D eigenvalue weighted by molar-refractivity contribution is 6.32. The minimum Gasteiger partial charge on any atom is -0.489 e. The largest absolute Gasteiger partial charge is 0.489 e. The number of aromatic nitrogens is 2. The Labute approximate surface area is 127 Å². The van der Waals surface area contributed by atoms with Crippen molar-refractivity contribution in [2.24, 2.45) is 0 Å². The molecule has 110 valence electrons. The lowest BCUT2D eigenvalue weighted by molar-refractivity contribution is 0.0690. The SMILES string of the molecule is CCC(C)Oc1ccc(-c2cc(C(=O)O)ncn2)cc1Cl. The van der Waals surface area contributed by atoms with E-state index in [1.807, 2.05) is 13.8 Å². The molecule has 1 N–H and O–H groups in total. The molecule has 1 aromatic carbocycles. The second-order valence-corrected chi connectivity index (χ2v) is 4.98. The van der Waals surface area contributed by atoms with Crippen molar-refractivity contribution in [3.8, 4) is 17.0 Å². The van der Waals surface area contributed by atoms with Crippen LogP contribution >= 0.6 is 11.6 Å². The molecular formula is C15H15ClN2O3. The summed E-state index contributed by atoms with van der Waals surface area (Å²) in [7, 11) is 0. The predicted octanol–water partition coefficient (Wildman–Crippen LogP) is 3.67. The zero-order chi connectivity index (χ0) is 15.4. The monoisotopic (exact) mass is 306 g/mol. The van der Waals surface area contributed by atoms with Crippen LogP contribution in [0.3, 0.4) is 0 Å². The van der Waals surface area contributed by atoms with Gasteiger partial charge in [-0.1, -0.05) is 18.5 Å². The minimum atomic E-state index is -1.10. The molecule has 1 unspecified atom stereocenters. The zero-order valence-electron chi connectivity index (χ0n) is 11.7. The quantitative estimate of drug-likeness (QED) is 0.912. The lowest BCUT2D eigenvalue weighted by Gasteiger charge is -2.14. The Bertz CT molecular complexity index is 661. The van der Waals surface area contributed by atoms with E-state index >= 15 is 0 Å². The number of benzene rings is 1. The maximum absolute atomic E-state index is 10.9. The van der Waals surface area contributed by atoms with Gasteiger partial charge in [0.05, 0.1) is 16.8 Å². The van der Waals surface area contributed by atoms with Gasteiger partial charge in [0, 0.05) is 5.56 Å². The van der Waals surface area contributed by atoms with Crippen LogP contribution in [0.4, 0.5) is 0 Å². The molecule has 0 aliphatic heterocycles. The summed E-state index contributed by atoms with van der Waals surface area (Å²) < 4.78 is 5.69. The second kappa shape index (κ2) is 6.54. The highest BCUT2D eigenvalue weighted by atomic mass is 35.5. The summed E-state index contributed by atoms with van der Waals surface area (Å²) in [5.41, 5.74) is 1.15. The van der Waals surface area contributed by atoms with Crippen LogP contribution in [0.5, 0.6) is 5.75 Å². The molecule has 1 aromatic heterocycles. The van der Waals surface area contributed by atoms with Crippen LogP contribution in [0.15, 0.2) is 30.6 Å². The predicted molar refractivity (Wildman–Crippen MR) is 79.8 cm³/mol. The number of halogens is 1. The molecule has 0 spiro atoms. The fourth-order valence-electron chi connectivity index (χ4n) is 1.69. The first-order valence-electron chi connectivity index (χ1n) is 6.53. The van der Waals surface area contributed by atoms with E-state index in [9.17, 15) is 4.79 Å². The van der Waals surface area contributed by atoms with Crippen LogP contribution in [0, 0.1) is 0 Å². The van der Waals surface area contributed by atoms with Gasteiger partial charge in [0.15, 0.2) is 5.69 Å². The molecule has 21 heavy (non-hydrogen) atoms. The lowest BCUT2D eigenvalue weighted by atomic mass is 10.1. The van der Waals surface area contributed by atoms with Gasteiger partial charge in [0.25, 0.3) is 0 Å². The summed E-state index contributed by atoms with van der Waals surface area (Å²) in [5, 5.41) is 9.41. The molecule has 0 saturated heterocycles. The smallest absolute Gasteiger partial charge is 0.354 e. The van der Waals surface area contributed by atoms with Gasteiger partial charge in [-0.05, 0) is 37.6 Å². The Hall–Kier alpha value is -2.14. The summed E-state index contributed by atoms with van der Waals surface area (Å²) in [5.74, 6) is -0.497. The van der Waals surface area contributed by atoms with Crippen LogP contribution < -0.4 is 4.74 Å². The Balaban J connectivity index is 2.31. The standard InChI is InChI=1S/C15H15ClN2O3/c1-3-9(2)21-14-5-4-10(6-11(14)16)12-7-13(15(19)20)18-8-17-12/h4-9H,3H2,1-2H3,(H,19,20). The highest BCUT2D eigenvalue weighted by Crippen LogP contribution is 2.30. The number of aromatic carboxylic acids is 1. The van der Waals surface area contributed by atoms with E-state index in [-0.39, 0.29) is 11.8 Å². The number of hydrogen-bond donors (Lipinski definition) is 1. The molecule has 2 aromatic rings. The fourth-order valence-corrected chi connectivity index (χ4v) is 1.91. The summed E-state index contributed by atoms with van der Waals surface area (Å²) in [6.45, 7) is 4.00. The van der Waals surface area contributed by atoms with E-state index in [2.05, 4.69) is 9.97 Å². The van der Waals surface area contributed by atoms with Gasteiger partial charge in [-0.25, -0.2) is 14.8 Å². The molecule has 0 aliphatic carbocycles. The number of carboxylic acid groups (broad SMARTS) is 1. The van der Waals surface area contributed by atoms with Crippen molar-refractivity contribution in [3.63, 3.8) is 0 Å². The average Bonchev–Trinajstić information content (AvgIpc) is 2.49. The van der Waals surface area contributed by atoms with Crippen molar-refractivity contribution < 1.29 is 14.6 Å². The Morgan fingerprint density at radius 3 is 2.76 bits per heavy atom. The molecule has 1 heterocycles.